The third-order valence-electron chi connectivity index (χ3n) is 5.73. The Hall–Kier alpha value is -0.610. The first-order valence-corrected chi connectivity index (χ1v) is 8.23. The molecule has 114 valence electrons. The van der Waals surface area contributed by atoms with E-state index in [1.807, 2.05) is 0 Å². The number of fused-ring (bicyclic) bond motifs is 1. The summed E-state index contributed by atoms with van der Waals surface area (Å²) in [6, 6.07) is 0. The molecule has 1 saturated heterocycles. The van der Waals surface area contributed by atoms with E-state index in [0.29, 0.717) is 12.5 Å². The molecule has 0 radical (unpaired) electrons. The van der Waals surface area contributed by atoms with E-state index in [2.05, 4.69) is 4.90 Å². The second-order valence-corrected chi connectivity index (χ2v) is 7.13. The molecular formula is C16H28N2O2. The van der Waals surface area contributed by atoms with Crippen molar-refractivity contribution in [3.63, 3.8) is 0 Å². The van der Waals surface area contributed by atoms with Gasteiger partial charge < -0.3 is 15.4 Å². The third kappa shape index (κ3) is 2.73. The highest BCUT2D eigenvalue weighted by atomic mass is 16.5. The number of esters is 1. The Bertz CT molecular complexity index is 369. The summed E-state index contributed by atoms with van der Waals surface area (Å²) in [5.41, 5.74) is 5.67. The molecule has 3 unspecified atom stereocenters. The molecule has 3 aliphatic rings. The molecule has 3 fully saturated rings. The second-order valence-electron chi connectivity index (χ2n) is 7.13. The van der Waals surface area contributed by atoms with Gasteiger partial charge in [-0.2, -0.15) is 0 Å². The van der Waals surface area contributed by atoms with Crippen LogP contribution in [0.15, 0.2) is 0 Å². The monoisotopic (exact) mass is 280 g/mol. The van der Waals surface area contributed by atoms with Crippen LogP contribution in [0.1, 0.15) is 44.9 Å². The van der Waals surface area contributed by atoms with E-state index in [9.17, 15) is 4.79 Å². The van der Waals surface area contributed by atoms with Gasteiger partial charge in [-0.05, 0) is 50.0 Å². The highest BCUT2D eigenvalue weighted by Gasteiger charge is 2.50. The maximum Gasteiger partial charge on any atom is 0.327 e. The lowest BCUT2D eigenvalue weighted by Gasteiger charge is -2.43. The topological polar surface area (TPSA) is 55.6 Å². The van der Waals surface area contributed by atoms with Crippen LogP contribution in [0.25, 0.3) is 0 Å². The van der Waals surface area contributed by atoms with E-state index in [4.69, 9.17) is 10.5 Å². The van der Waals surface area contributed by atoms with Crippen LogP contribution < -0.4 is 5.73 Å². The van der Waals surface area contributed by atoms with Gasteiger partial charge in [-0.25, -0.2) is 0 Å². The molecule has 0 amide bonds. The molecule has 0 spiro atoms. The lowest BCUT2D eigenvalue weighted by atomic mass is 9.75. The summed E-state index contributed by atoms with van der Waals surface area (Å²) < 4.78 is 4.97. The Morgan fingerprint density at radius 2 is 1.90 bits per heavy atom. The Kier molecular flexibility index (Phi) is 4.04. The number of carbonyl (C=O) groups excluding carboxylic acids is 1. The number of rotatable bonds is 4. The molecule has 20 heavy (non-hydrogen) atoms. The number of carbonyl (C=O) groups is 1. The zero-order chi connectivity index (χ0) is 14.2. The third-order valence-corrected chi connectivity index (χ3v) is 5.73. The van der Waals surface area contributed by atoms with Gasteiger partial charge in [0.2, 0.25) is 0 Å². The predicted molar refractivity (Wildman–Crippen MR) is 78.2 cm³/mol. The van der Waals surface area contributed by atoms with E-state index >= 15 is 0 Å². The maximum atomic E-state index is 12.1. The van der Waals surface area contributed by atoms with Crippen molar-refractivity contribution in [3.8, 4) is 0 Å². The molecule has 0 bridgehead atoms. The molecule has 2 N–H and O–H groups in total. The van der Waals surface area contributed by atoms with E-state index in [-0.39, 0.29) is 5.97 Å². The zero-order valence-electron chi connectivity index (χ0n) is 12.6. The van der Waals surface area contributed by atoms with Crippen molar-refractivity contribution in [2.24, 2.45) is 23.5 Å². The second kappa shape index (κ2) is 5.64. The van der Waals surface area contributed by atoms with Crippen LogP contribution in [-0.4, -0.2) is 43.2 Å². The Labute approximate surface area is 122 Å². The number of hydrogen-bond donors (Lipinski definition) is 1. The van der Waals surface area contributed by atoms with Gasteiger partial charge in [-0.1, -0.05) is 19.3 Å². The smallest absolute Gasteiger partial charge is 0.327 e. The first kappa shape index (κ1) is 14.3. The van der Waals surface area contributed by atoms with Gasteiger partial charge in [0.05, 0.1) is 7.11 Å². The van der Waals surface area contributed by atoms with E-state index in [1.54, 1.807) is 0 Å². The van der Waals surface area contributed by atoms with Crippen molar-refractivity contribution in [3.05, 3.63) is 0 Å². The molecule has 3 rings (SSSR count). The molecular weight excluding hydrogens is 252 g/mol. The first-order chi connectivity index (χ1) is 9.63. The lowest BCUT2D eigenvalue weighted by Crippen LogP contribution is -2.60. The zero-order valence-corrected chi connectivity index (χ0v) is 12.6. The molecule has 2 saturated carbocycles. The molecule has 2 aliphatic carbocycles. The van der Waals surface area contributed by atoms with Gasteiger partial charge in [0.15, 0.2) is 0 Å². The van der Waals surface area contributed by atoms with Gasteiger partial charge >= 0.3 is 5.97 Å². The van der Waals surface area contributed by atoms with Crippen molar-refractivity contribution in [1.29, 1.82) is 0 Å². The maximum absolute atomic E-state index is 12.1. The van der Waals surface area contributed by atoms with Crippen LogP contribution in [0.2, 0.25) is 0 Å². The minimum atomic E-state index is -0.768. The Morgan fingerprint density at radius 3 is 2.55 bits per heavy atom. The highest BCUT2D eigenvalue weighted by molar-refractivity contribution is 5.81. The van der Waals surface area contributed by atoms with Crippen LogP contribution in [0.4, 0.5) is 0 Å². The highest BCUT2D eigenvalue weighted by Crippen LogP contribution is 2.41. The van der Waals surface area contributed by atoms with Crippen molar-refractivity contribution < 1.29 is 9.53 Å². The molecule has 0 aromatic heterocycles. The summed E-state index contributed by atoms with van der Waals surface area (Å²) in [6.45, 7) is 2.92. The van der Waals surface area contributed by atoms with Gasteiger partial charge in [0.25, 0.3) is 0 Å². The molecule has 0 aromatic rings. The molecule has 1 heterocycles. The van der Waals surface area contributed by atoms with Crippen molar-refractivity contribution in [2.45, 2.75) is 50.5 Å². The summed E-state index contributed by atoms with van der Waals surface area (Å²) in [7, 11) is 1.46. The van der Waals surface area contributed by atoms with Gasteiger partial charge in [0, 0.05) is 13.1 Å². The summed E-state index contributed by atoms with van der Waals surface area (Å²) >= 11 is 0. The van der Waals surface area contributed by atoms with E-state index < -0.39 is 5.54 Å². The average Bonchev–Trinajstić information content (AvgIpc) is 3.31. The first-order valence-electron chi connectivity index (χ1n) is 8.23. The van der Waals surface area contributed by atoms with Crippen LogP contribution in [0, 0.1) is 17.8 Å². The molecule has 4 nitrogen and oxygen atoms in total. The Morgan fingerprint density at radius 1 is 1.20 bits per heavy atom. The number of methoxy groups -OCH3 is 1. The van der Waals surface area contributed by atoms with E-state index in [0.717, 1.165) is 37.8 Å². The van der Waals surface area contributed by atoms with Crippen LogP contribution in [-0.2, 0) is 9.53 Å². The fraction of sp³-hybridized carbons (Fsp3) is 0.938. The molecule has 1 aliphatic heterocycles. The average molecular weight is 280 g/mol. The number of hydrogen-bond acceptors (Lipinski definition) is 4. The van der Waals surface area contributed by atoms with Crippen LogP contribution in [0.3, 0.4) is 0 Å². The SMILES string of the molecule is COC(=O)C(N)(CN1CCC2CCCCC2C1)C1CC1. The normalized spacial score (nSPS) is 34.1. The summed E-state index contributed by atoms with van der Waals surface area (Å²) in [5, 5.41) is 0. The molecule has 4 heteroatoms. The fourth-order valence-corrected chi connectivity index (χ4v) is 4.34. The number of piperidine rings is 1. The van der Waals surface area contributed by atoms with Crippen molar-refractivity contribution >= 4 is 5.97 Å². The Balaban J connectivity index is 1.62. The summed E-state index contributed by atoms with van der Waals surface area (Å²) in [6.07, 6.45) is 8.99. The van der Waals surface area contributed by atoms with E-state index in [1.165, 1.54) is 39.2 Å². The van der Waals surface area contributed by atoms with Crippen molar-refractivity contribution in [2.75, 3.05) is 26.7 Å². The van der Waals surface area contributed by atoms with Crippen LogP contribution >= 0.6 is 0 Å². The van der Waals surface area contributed by atoms with Gasteiger partial charge in [-0.3, -0.25) is 4.79 Å². The largest absolute Gasteiger partial charge is 0.468 e. The summed E-state index contributed by atoms with van der Waals surface area (Å²) in [5.74, 6) is 1.87. The quantitative estimate of drug-likeness (QED) is 0.798. The number of nitrogens with zero attached hydrogens (tertiary/aromatic N) is 1. The van der Waals surface area contributed by atoms with Gasteiger partial charge in [-0.15, -0.1) is 0 Å². The standard InChI is InChI=1S/C16H28N2O2/c1-20-15(19)16(17,14-6-7-14)11-18-9-8-12-4-2-3-5-13(12)10-18/h12-14H,2-11,17H2,1H3. The van der Waals surface area contributed by atoms with Gasteiger partial charge in [0.1, 0.15) is 5.54 Å². The van der Waals surface area contributed by atoms with Crippen molar-refractivity contribution in [1.82, 2.24) is 4.90 Å². The lowest BCUT2D eigenvalue weighted by molar-refractivity contribution is -0.149. The summed E-state index contributed by atoms with van der Waals surface area (Å²) in [4.78, 5) is 14.5. The minimum absolute atomic E-state index is 0.217. The molecule has 3 atom stereocenters. The molecule has 0 aromatic carbocycles. The fourth-order valence-electron chi connectivity index (χ4n) is 4.34. The minimum Gasteiger partial charge on any atom is -0.468 e. The van der Waals surface area contributed by atoms with Crippen LogP contribution in [0.5, 0.6) is 0 Å². The predicted octanol–water partition coefficient (Wildman–Crippen LogP) is 1.78. The number of nitrogens with two attached hydrogens (primary N) is 1. The number of ether oxygens (including phenoxy) is 1. The number of likely N-dealkylation sites (tertiary alicyclic amines) is 1.